The maximum atomic E-state index is 13.8. The Kier molecular flexibility index (Phi) is 5.06. The second-order valence-electron chi connectivity index (χ2n) is 8.84. The number of piperidine rings is 2. The fourth-order valence-corrected chi connectivity index (χ4v) is 5.67. The molecule has 3 fully saturated rings. The SMILES string of the molecule is CC1CCCCN1c1ccnc(N2CCC3C2CCCN3c2cccc(F)c2)c1. The summed E-state index contributed by atoms with van der Waals surface area (Å²) in [7, 11) is 0. The predicted molar refractivity (Wildman–Crippen MR) is 117 cm³/mol. The Bertz CT molecular complexity index is 856. The topological polar surface area (TPSA) is 22.6 Å². The van der Waals surface area contributed by atoms with E-state index < -0.39 is 0 Å². The number of fused-ring (bicyclic) bond motifs is 1. The van der Waals surface area contributed by atoms with Crippen LogP contribution in [0.1, 0.15) is 45.4 Å². The number of benzene rings is 1. The van der Waals surface area contributed by atoms with E-state index in [1.165, 1.54) is 37.4 Å². The van der Waals surface area contributed by atoms with Gasteiger partial charge in [-0.2, -0.15) is 0 Å². The first-order chi connectivity index (χ1) is 14.2. The molecule has 29 heavy (non-hydrogen) atoms. The van der Waals surface area contributed by atoms with Crippen molar-refractivity contribution < 1.29 is 4.39 Å². The zero-order valence-corrected chi connectivity index (χ0v) is 17.3. The molecule has 0 spiro atoms. The summed E-state index contributed by atoms with van der Waals surface area (Å²) < 4.78 is 13.8. The fourth-order valence-electron chi connectivity index (χ4n) is 5.67. The van der Waals surface area contributed by atoms with Gasteiger partial charge in [-0.15, -0.1) is 0 Å². The van der Waals surface area contributed by atoms with E-state index in [0.29, 0.717) is 18.1 Å². The number of aromatic nitrogens is 1. The van der Waals surface area contributed by atoms with Crippen molar-refractivity contribution >= 4 is 17.2 Å². The average molecular weight is 395 g/mol. The molecule has 0 N–H and O–H groups in total. The number of pyridine rings is 1. The second-order valence-corrected chi connectivity index (χ2v) is 8.84. The third kappa shape index (κ3) is 3.56. The molecule has 3 aliphatic heterocycles. The molecule has 0 radical (unpaired) electrons. The number of rotatable bonds is 3. The second kappa shape index (κ2) is 7.85. The summed E-state index contributed by atoms with van der Waals surface area (Å²) in [5, 5.41) is 0. The van der Waals surface area contributed by atoms with E-state index in [4.69, 9.17) is 4.98 Å². The lowest BCUT2D eigenvalue weighted by molar-refractivity contribution is 0.432. The molecule has 3 atom stereocenters. The molecule has 2 aromatic rings. The van der Waals surface area contributed by atoms with Crippen LogP contribution in [0.5, 0.6) is 0 Å². The van der Waals surface area contributed by atoms with Crippen molar-refractivity contribution in [2.75, 3.05) is 34.3 Å². The molecule has 154 valence electrons. The molecule has 1 aromatic carbocycles. The third-order valence-corrected chi connectivity index (χ3v) is 7.11. The van der Waals surface area contributed by atoms with Gasteiger partial charge in [0.1, 0.15) is 11.6 Å². The molecule has 3 unspecified atom stereocenters. The van der Waals surface area contributed by atoms with Crippen molar-refractivity contribution in [2.24, 2.45) is 0 Å². The molecule has 5 heteroatoms. The lowest BCUT2D eigenvalue weighted by Crippen LogP contribution is -2.50. The number of halogens is 1. The van der Waals surface area contributed by atoms with Crippen LogP contribution in [0.2, 0.25) is 0 Å². The zero-order chi connectivity index (χ0) is 19.8. The highest BCUT2D eigenvalue weighted by Gasteiger charge is 2.41. The highest BCUT2D eigenvalue weighted by molar-refractivity contribution is 5.58. The van der Waals surface area contributed by atoms with Crippen LogP contribution in [-0.2, 0) is 0 Å². The Morgan fingerprint density at radius 1 is 0.828 bits per heavy atom. The summed E-state index contributed by atoms with van der Waals surface area (Å²) in [4.78, 5) is 12.2. The first-order valence-corrected chi connectivity index (χ1v) is 11.2. The minimum atomic E-state index is -0.149. The van der Waals surface area contributed by atoms with Gasteiger partial charge in [-0.05, 0) is 69.7 Å². The molecular formula is C24H31FN4. The molecule has 0 aliphatic carbocycles. The number of hydrogen-bond acceptors (Lipinski definition) is 4. The molecule has 4 nitrogen and oxygen atoms in total. The maximum absolute atomic E-state index is 13.8. The lowest BCUT2D eigenvalue weighted by atomic mass is 9.96. The van der Waals surface area contributed by atoms with Crippen LogP contribution in [0, 0.1) is 5.82 Å². The lowest BCUT2D eigenvalue weighted by Gasteiger charge is -2.42. The minimum absolute atomic E-state index is 0.149. The standard InChI is InChI=1S/C24H31FN4/c1-18-6-2-3-13-27(18)21-10-12-26-24(17-21)29-15-11-23-22(29)9-5-14-28(23)20-8-4-7-19(25)16-20/h4,7-8,10,12,16-18,22-23H,2-3,5-6,9,11,13-15H2,1H3. The Balaban J connectivity index is 1.38. The summed E-state index contributed by atoms with van der Waals surface area (Å²) in [6.07, 6.45) is 9.29. The summed E-state index contributed by atoms with van der Waals surface area (Å²) in [5.41, 5.74) is 2.33. The Morgan fingerprint density at radius 3 is 2.52 bits per heavy atom. The number of nitrogens with zero attached hydrogens (tertiary/aromatic N) is 4. The van der Waals surface area contributed by atoms with Crippen molar-refractivity contribution in [3.63, 3.8) is 0 Å². The van der Waals surface area contributed by atoms with E-state index in [0.717, 1.165) is 44.0 Å². The van der Waals surface area contributed by atoms with E-state index in [-0.39, 0.29) is 5.82 Å². The van der Waals surface area contributed by atoms with Gasteiger partial charge in [-0.25, -0.2) is 9.37 Å². The average Bonchev–Trinajstić information content (AvgIpc) is 3.18. The fraction of sp³-hybridized carbons (Fsp3) is 0.542. The van der Waals surface area contributed by atoms with Gasteiger partial charge in [0.25, 0.3) is 0 Å². The largest absolute Gasteiger partial charge is 0.369 e. The zero-order valence-electron chi connectivity index (χ0n) is 17.3. The molecule has 1 aromatic heterocycles. The summed E-state index contributed by atoms with van der Waals surface area (Å²) in [5.74, 6) is 0.957. The van der Waals surface area contributed by atoms with E-state index >= 15 is 0 Å². The van der Waals surface area contributed by atoms with Crippen LogP contribution >= 0.6 is 0 Å². The summed E-state index contributed by atoms with van der Waals surface area (Å²) in [6, 6.07) is 13.0. The van der Waals surface area contributed by atoms with Gasteiger partial charge in [0.05, 0.1) is 12.1 Å². The molecule has 0 amide bonds. The van der Waals surface area contributed by atoms with Gasteiger partial charge in [-0.1, -0.05) is 6.07 Å². The summed E-state index contributed by atoms with van der Waals surface area (Å²) in [6.45, 7) is 5.51. The predicted octanol–water partition coefficient (Wildman–Crippen LogP) is 4.85. The molecule has 0 bridgehead atoms. The van der Waals surface area contributed by atoms with Gasteiger partial charge >= 0.3 is 0 Å². The summed E-state index contributed by atoms with van der Waals surface area (Å²) >= 11 is 0. The monoisotopic (exact) mass is 394 g/mol. The van der Waals surface area contributed by atoms with Crippen molar-refractivity contribution in [3.05, 3.63) is 48.4 Å². The van der Waals surface area contributed by atoms with Gasteiger partial charge in [0, 0.05) is 49.3 Å². The van der Waals surface area contributed by atoms with Crippen LogP contribution in [0.15, 0.2) is 42.6 Å². The van der Waals surface area contributed by atoms with Gasteiger partial charge in [-0.3, -0.25) is 0 Å². The van der Waals surface area contributed by atoms with Crippen LogP contribution in [0.25, 0.3) is 0 Å². The quantitative estimate of drug-likeness (QED) is 0.742. The van der Waals surface area contributed by atoms with Gasteiger partial charge < -0.3 is 14.7 Å². The highest BCUT2D eigenvalue weighted by atomic mass is 19.1. The van der Waals surface area contributed by atoms with Crippen LogP contribution in [0.4, 0.5) is 21.6 Å². The first kappa shape index (κ1) is 18.7. The van der Waals surface area contributed by atoms with Crippen LogP contribution in [0.3, 0.4) is 0 Å². The highest BCUT2D eigenvalue weighted by Crippen LogP contribution is 2.37. The number of hydrogen-bond donors (Lipinski definition) is 0. The molecule has 4 heterocycles. The van der Waals surface area contributed by atoms with E-state index in [2.05, 4.69) is 33.8 Å². The van der Waals surface area contributed by atoms with Crippen molar-refractivity contribution in [3.8, 4) is 0 Å². The normalized spacial score (nSPS) is 27.2. The molecule has 0 saturated carbocycles. The van der Waals surface area contributed by atoms with Crippen molar-refractivity contribution in [1.29, 1.82) is 0 Å². The third-order valence-electron chi connectivity index (χ3n) is 7.11. The minimum Gasteiger partial charge on any atom is -0.369 e. The maximum Gasteiger partial charge on any atom is 0.130 e. The molecular weight excluding hydrogens is 363 g/mol. The van der Waals surface area contributed by atoms with E-state index in [1.54, 1.807) is 6.07 Å². The Hall–Kier alpha value is -2.30. The smallest absolute Gasteiger partial charge is 0.130 e. The first-order valence-electron chi connectivity index (χ1n) is 11.2. The molecule has 5 rings (SSSR count). The van der Waals surface area contributed by atoms with Gasteiger partial charge in [0.15, 0.2) is 0 Å². The van der Waals surface area contributed by atoms with Crippen molar-refractivity contribution in [2.45, 2.75) is 63.6 Å². The van der Waals surface area contributed by atoms with E-state index in [1.807, 2.05) is 18.3 Å². The molecule has 3 saturated heterocycles. The van der Waals surface area contributed by atoms with Crippen LogP contribution < -0.4 is 14.7 Å². The van der Waals surface area contributed by atoms with E-state index in [9.17, 15) is 4.39 Å². The Labute approximate surface area is 173 Å². The number of anilines is 3. The van der Waals surface area contributed by atoms with Crippen LogP contribution in [-0.4, -0.2) is 42.7 Å². The van der Waals surface area contributed by atoms with Crippen molar-refractivity contribution in [1.82, 2.24) is 4.98 Å². The van der Waals surface area contributed by atoms with Gasteiger partial charge in [0.2, 0.25) is 0 Å². The Morgan fingerprint density at radius 2 is 1.66 bits per heavy atom. The molecule has 3 aliphatic rings.